The van der Waals surface area contributed by atoms with Gasteiger partial charge >= 0.3 is 12.1 Å². The van der Waals surface area contributed by atoms with E-state index in [0.717, 1.165) is 11.1 Å². The molecule has 2 aromatic carbocycles. The summed E-state index contributed by atoms with van der Waals surface area (Å²) < 4.78 is 5.56. The molecule has 0 radical (unpaired) electrons. The molecule has 4 rings (SSSR count). The zero-order valence-electron chi connectivity index (χ0n) is 19.0. The van der Waals surface area contributed by atoms with Crippen molar-refractivity contribution in [2.45, 2.75) is 32.6 Å². The molecule has 1 fully saturated rings. The molecule has 0 saturated heterocycles. The van der Waals surface area contributed by atoms with Gasteiger partial charge in [-0.25, -0.2) is 4.79 Å². The predicted molar refractivity (Wildman–Crippen MR) is 124 cm³/mol. The maximum absolute atomic E-state index is 12.4. The van der Waals surface area contributed by atoms with Crippen LogP contribution in [0.3, 0.4) is 0 Å². The highest BCUT2D eigenvalue weighted by Gasteiger charge is 2.43. The third-order valence-corrected chi connectivity index (χ3v) is 6.50. The Bertz CT molecular complexity index is 1020. The number of aliphatic carboxylic acids is 1. The van der Waals surface area contributed by atoms with Gasteiger partial charge in [0.15, 0.2) is 0 Å². The molecule has 2 aliphatic rings. The first kappa shape index (κ1) is 22.8. The molecule has 7 nitrogen and oxygen atoms in total. The van der Waals surface area contributed by atoms with Gasteiger partial charge in [0.25, 0.3) is 0 Å². The van der Waals surface area contributed by atoms with Crippen molar-refractivity contribution < 1.29 is 24.2 Å². The minimum Gasteiger partial charge on any atom is -0.481 e. The lowest BCUT2D eigenvalue weighted by atomic mass is 9.89. The van der Waals surface area contributed by atoms with E-state index in [1.165, 1.54) is 11.1 Å². The van der Waals surface area contributed by atoms with Crippen molar-refractivity contribution in [3.63, 3.8) is 0 Å². The fourth-order valence-electron chi connectivity index (χ4n) is 4.54. The summed E-state index contributed by atoms with van der Waals surface area (Å²) in [6.07, 6.45) is 0.330. The van der Waals surface area contributed by atoms with E-state index in [4.69, 9.17) is 9.84 Å². The molecule has 3 N–H and O–H groups in total. The SMILES string of the molecule is CC(C)(CNC(=O)OCC1c2ccccc2-c2ccccc21)CC(=O)NC[C@@H]1C[C@@H]1C(=O)O. The Morgan fingerprint density at radius 2 is 1.61 bits per heavy atom. The van der Waals surface area contributed by atoms with Gasteiger partial charge in [-0.3, -0.25) is 9.59 Å². The van der Waals surface area contributed by atoms with Crippen LogP contribution >= 0.6 is 0 Å². The summed E-state index contributed by atoms with van der Waals surface area (Å²) >= 11 is 0. The Kier molecular flexibility index (Phi) is 6.40. The summed E-state index contributed by atoms with van der Waals surface area (Å²) in [5.74, 6) is -1.27. The monoisotopic (exact) mass is 450 g/mol. The van der Waals surface area contributed by atoms with E-state index in [-0.39, 0.29) is 43.2 Å². The number of hydrogen-bond donors (Lipinski definition) is 3. The molecule has 0 aliphatic heterocycles. The van der Waals surface area contributed by atoms with Crippen molar-refractivity contribution in [1.82, 2.24) is 10.6 Å². The van der Waals surface area contributed by atoms with E-state index < -0.39 is 17.5 Å². The minimum absolute atomic E-state index is 0.000935. The Balaban J connectivity index is 1.23. The van der Waals surface area contributed by atoms with Crippen LogP contribution in [-0.2, 0) is 14.3 Å². The summed E-state index contributed by atoms with van der Waals surface area (Å²) in [6, 6.07) is 16.3. The van der Waals surface area contributed by atoms with Crippen molar-refractivity contribution in [2.24, 2.45) is 17.3 Å². The van der Waals surface area contributed by atoms with E-state index in [2.05, 4.69) is 34.9 Å². The first-order valence-corrected chi connectivity index (χ1v) is 11.3. The third-order valence-electron chi connectivity index (χ3n) is 6.50. The zero-order chi connectivity index (χ0) is 23.6. The molecule has 1 saturated carbocycles. The number of carboxylic acid groups (broad SMARTS) is 1. The number of ether oxygens (including phenoxy) is 1. The second-order valence-corrected chi connectivity index (χ2v) is 9.76. The fourth-order valence-corrected chi connectivity index (χ4v) is 4.54. The Morgan fingerprint density at radius 3 is 2.18 bits per heavy atom. The van der Waals surface area contributed by atoms with Crippen LogP contribution in [-0.4, -0.2) is 42.8 Å². The molecule has 0 heterocycles. The Labute approximate surface area is 193 Å². The average Bonchev–Trinajstić information content (AvgIpc) is 3.51. The number of amides is 2. The number of hydrogen-bond acceptors (Lipinski definition) is 4. The molecule has 0 spiro atoms. The van der Waals surface area contributed by atoms with Crippen LogP contribution in [0.15, 0.2) is 48.5 Å². The van der Waals surface area contributed by atoms with Gasteiger partial charge in [-0.15, -0.1) is 0 Å². The van der Waals surface area contributed by atoms with Gasteiger partial charge in [0.1, 0.15) is 6.61 Å². The summed E-state index contributed by atoms with van der Waals surface area (Å²) in [4.78, 5) is 35.5. The number of benzene rings is 2. The van der Waals surface area contributed by atoms with Crippen molar-refractivity contribution in [3.05, 3.63) is 59.7 Å². The molecule has 0 unspecified atom stereocenters. The van der Waals surface area contributed by atoms with E-state index in [1.807, 2.05) is 38.1 Å². The number of rotatable bonds is 9. The number of fused-ring (bicyclic) bond motifs is 3. The molecular formula is C26H30N2O5. The maximum Gasteiger partial charge on any atom is 0.407 e. The van der Waals surface area contributed by atoms with Gasteiger partial charge in [0, 0.05) is 25.4 Å². The van der Waals surface area contributed by atoms with E-state index in [9.17, 15) is 14.4 Å². The molecule has 174 valence electrons. The summed E-state index contributed by atoms with van der Waals surface area (Å²) in [5.41, 5.74) is 4.20. The van der Waals surface area contributed by atoms with E-state index in [0.29, 0.717) is 13.0 Å². The smallest absolute Gasteiger partial charge is 0.407 e. The second kappa shape index (κ2) is 9.25. The standard InChI is InChI=1S/C26H30N2O5/c1-26(2,12-23(29)27-13-16-11-21(16)24(30)31)15-28-25(32)33-14-22-19-9-5-3-7-17(19)18-8-4-6-10-20(18)22/h3-10,16,21-22H,11-15H2,1-2H3,(H,27,29)(H,28,32)(H,30,31)/t16-,21-/m0/s1. The number of carbonyl (C=O) groups is 3. The quantitative estimate of drug-likeness (QED) is 0.539. The van der Waals surface area contributed by atoms with Gasteiger partial charge in [0.2, 0.25) is 5.91 Å². The van der Waals surface area contributed by atoms with Crippen LogP contribution in [0.25, 0.3) is 11.1 Å². The maximum atomic E-state index is 12.4. The minimum atomic E-state index is -0.804. The Hall–Kier alpha value is -3.35. The van der Waals surface area contributed by atoms with Crippen LogP contribution in [0, 0.1) is 17.3 Å². The zero-order valence-corrected chi connectivity index (χ0v) is 19.0. The first-order valence-electron chi connectivity index (χ1n) is 11.3. The molecule has 2 aromatic rings. The third kappa shape index (κ3) is 5.35. The van der Waals surface area contributed by atoms with Gasteiger partial charge in [-0.2, -0.15) is 0 Å². The van der Waals surface area contributed by atoms with Gasteiger partial charge in [-0.1, -0.05) is 62.4 Å². The lowest BCUT2D eigenvalue weighted by Crippen LogP contribution is -2.38. The highest BCUT2D eigenvalue weighted by atomic mass is 16.5. The van der Waals surface area contributed by atoms with Crippen LogP contribution in [0.5, 0.6) is 0 Å². The highest BCUT2D eigenvalue weighted by molar-refractivity contribution is 5.79. The number of carboxylic acids is 1. The van der Waals surface area contributed by atoms with Gasteiger partial charge in [0.05, 0.1) is 5.92 Å². The van der Waals surface area contributed by atoms with Crippen LogP contribution in [0.2, 0.25) is 0 Å². The normalized spacial score (nSPS) is 18.7. The Morgan fingerprint density at radius 1 is 1.00 bits per heavy atom. The molecule has 7 heteroatoms. The van der Waals surface area contributed by atoms with E-state index in [1.54, 1.807) is 0 Å². The van der Waals surface area contributed by atoms with Crippen LogP contribution in [0.4, 0.5) is 4.79 Å². The number of alkyl carbamates (subject to hydrolysis) is 1. The molecule has 0 aromatic heterocycles. The fraction of sp³-hybridized carbons (Fsp3) is 0.423. The number of carbonyl (C=O) groups excluding carboxylic acids is 2. The van der Waals surface area contributed by atoms with Crippen molar-refractivity contribution >= 4 is 18.0 Å². The summed E-state index contributed by atoms with van der Waals surface area (Å²) in [7, 11) is 0. The average molecular weight is 451 g/mol. The molecule has 0 bridgehead atoms. The summed E-state index contributed by atoms with van der Waals surface area (Å²) in [6.45, 7) is 4.71. The second-order valence-electron chi connectivity index (χ2n) is 9.76. The van der Waals surface area contributed by atoms with Crippen molar-refractivity contribution in [1.29, 1.82) is 0 Å². The van der Waals surface area contributed by atoms with Gasteiger partial charge < -0.3 is 20.5 Å². The van der Waals surface area contributed by atoms with E-state index >= 15 is 0 Å². The molecule has 2 aliphatic carbocycles. The molecule has 33 heavy (non-hydrogen) atoms. The lowest BCUT2D eigenvalue weighted by Gasteiger charge is -2.24. The predicted octanol–water partition coefficient (Wildman–Crippen LogP) is 3.78. The molecule has 2 amide bonds. The first-order chi connectivity index (χ1) is 15.7. The molecule has 2 atom stereocenters. The van der Waals surface area contributed by atoms with Crippen LogP contribution in [0.1, 0.15) is 43.7 Å². The number of nitrogens with one attached hydrogen (secondary N) is 2. The molecular weight excluding hydrogens is 420 g/mol. The lowest BCUT2D eigenvalue weighted by molar-refractivity contribution is -0.139. The van der Waals surface area contributed by atoms with Crippen molar-refractivity contribution in [2.75, 3.05) is 19.7 Å². The van der Waals surface area contributed by atoms with Gasteiger partial charge in [-0.05, 0) is 40.0 Å². The topological polar surface area (TPSA) is 105 Å². The highest BCUT2D eigenvalue weighted by Crippen LogP contribution is 2.44. The largest absolute Gasteiger partial charge is 0.481 e. The van der Waals surface area contributed by atoms with Crippen molar-refractivity contribution in [3.8, 4) is 11.1 Å². The summed E-state index contributed by atoms with van der Waals surface area (Å²) in [5, 5.41) is 14.5. The van der Waals surface area contributed by atoms with Crippen LogP contribution < -0.4 is 10.6 Å².